The topological polar surface area (TPSA) is 53.4 Å². The number of nitrogens with zero attached hydrogens (tertiary/aromatic N) is 2. The van der Waals surface area contributed by atoms with E-state index in [1.165, 1.54) is 0 Å². The Hall–Kier alpha value is -1.58. The summed E-state index contributed by atoms with van der Waals surface area (Å²) in [6.45, 7) is 7.45. The largest absolute Gasteiger partial charge is 0.481 e. The van der Waals surface area contributed by atoms with Crippen LogP contribution < -0.4 is 4.90 Å². The maximum absolute atomic E-state index is 11.4. The van der Waals surface area contributed by atoms with Crippen molar-refractivity contribution in [2.75, 3.05) is 18.0 Å². The monoisotopic (exact) mass is 262 g/mol. The number of hydrogen-bond acceptors (Lipinski definition) is 3. The Kier molecular flexibility index (Phi) is 3.78. The third-order valence-corrected chi connectivity index (χ3v) is 4.24. The summed E-state index contributed by atoms with van der Waals surface area (Å²) in [5.41, 5.74) is 1.48. The number of piperidine rings is 1. The van der Waals surface area contributed by atoms with E-state index in [0.717, 1.165) is 37.3 Å². The summed E-state index contributed by atoms with van der Waals surface area (Å²) < 4.78 is 0. The van der Waals surface area contributed by atoms with Crippen molar-refractivity contribution in [3.63, 3.8) is 0 Å². The molecular formula is C15H22N2O2. The molecule has 1 N–H and O–H groups in total. The van der Waals surface area contributed by atoms with Gasteiger partial charge in [0.25, 0.3) is 0 Å². The summed E-state index contributed by atoms with van der Waals surface area (Å²) in [5.74, 6) is -0.516. The first-order valence-corrected chi connectivity index (χ1v) is 6.82. The molecule has 0 radical (unpaired) electrons. The lowest BCUT2D eigenvalue weighted by Gasteiger charge is -2.40. The molecule has 2 rings (SSSR count). The smallest absolute Gasteiger partial charge is 0.309 e. The molecule has 4 nitrogen and oxygen atoms in total. The number of aromatic nitrogens is 1. The summed E-state index contributed by atoms with van der Waals surface area (Å²) >= 11 is 0. The van der Waals surface area contributed by atoms with Gasteiger partial charge in [-0.2, -0.15) is 0 Å². The van der Waals surface area contributed by atoms with E-state index >= 15 is 0 Å². The normalized spacial score (nSPS) is 20.4. The summed E-state index contributed by atoms with van der Waals surface area (Å²) in [6.07, 6.45) is 3.85. The number of aryl methyl sites for hydroxylation is 1. The molecule has 1 fully saturated rings. The Balaban J connectivity index is 2.16. The average molecular weight is 262 g/mol. The Morgan fingerprint density at radius 2 is 2.26 bits per heavy atom. The van der Waals surface area contributed by atoms with Crippen LogP contribution in [0.3, 0.4) is 0 Å². The summed E-state index contributed by atoms with van der Waals surface area (Å²) in [6, 6.07) is 4.07. The highest BCUT2D eigenvalue weighted by Gasteiger charge is 2.39. The van der Waals surface area contributed by atoms with Crippen LogP contribution in [-0.2, 0) is 4.79 Å². The minimum atomic E-state index is -0.703. The van der Waals surface area contributed by atoms with Gasteiger partial charge in [-0.25, -0.2) is 0 Å². The van der Waals surface area contributed by atoms with Crippen LogP contribution in [0.4, 0.5) is 5.69 Å². The second-order valence-corrected chi connectivity index (χ2v) is 5.97. The molecule has 0 bridgehead atoms. The first kappa shape index (κ1) is 13.8. The lowest BCUT2D eigenvalue weighted by Crippen LogP contribution is -2.44. The Labute approximate surface area is 114 Å². The molecular weight excluding hydrogens is 240 g/mol. The van der Waals surface area contributed by atoms with Crippen molar-refractivity contribution >= 4 is 11.7 Å². The Morgan fingerprint density at radius 1 is 1.53 bits per heavy atom. The van der Waals surface area contributed by atoms with E-state index in [1.54, 1.807) is 0 Å². The zero-order valence-corrected chi connectivity index (χ0v) is 11.9. The number of carbonyl (C=O) groups is 1. The lowest BCUT2D eigenvalue weighted by atomic mass is 9.74. The number of carboxylic acid groups (broad SMARTS) is 1. The van der Waals surface area contributed by atoms with E-state index in [4.69, 9.17) is 0 Å². The maximum atomic E-state index is 11.4. The molecule has 1 aliphatic rings. The summed E-state index contributed by atoms with van der Waals surface area (Å²) in [5, 5.41) is 9.37. The second-order valence-electron chi connectivity index (χ2n) is 5.97. The van der Waals surface area contributed by atoms with Crippen LogP contribution in [0.5, 0.6) is 0 Å². The van der Waals surface area contributed by atoms with Crippen LogP contribution in [0.2, 0.25) is 0 Å². The van der Waals surface area contributed by atoms with Gasteiger partial charge in [0.15, 0.2) is 0 Å². The van der Waals surface area contributed by atoms with Crippen LogP contribution in [0, 0.1) is 18.3 Å². The van der Waals surface area contributed by atoms with Gasteiger partial charge in [-0.05, 0) is 51.7 Å². The fourth-order valence-electron chi connectivity index (χ4n) is 2.70. The SMILES string of the molecule is Cc1cc(N2CCCC(C(C)(C)C(=O)O)C2)ccn1. The number of aliphatic carboxylic acids is 1. The maximum Gasteiger partial charge on any atom is 0.309 e. The highest BCUT2D eigenvalue weighted by molar-refractivity contribution is 5.74. The third kappa shape index (κ3) is 2.88. The van der Waals surface area contributed by atoms with Crippen LogP contribution >= 0.6 is 0 Å². The van der Waals surface area contributed by atoms with E-state index in [1.807, 2.05) is 33.0 Å². The van der Waals surface area contributed by atoms with Gasteiger partial charge in [-0.15, -0.1) is 0 Å². The number of anilines is 1. The Morgan fingerprint density at radius 3 is 2.89 bits per heavy atom. The van der Waals surface area contributed by atoms with Crippen molar-refractivity contribution in [1.82, 2.24) is 4.98 Å². The van der Waals surface area contributed by atoms with Crippen LogP contribution in [0.1, 0.15) is 32.4 Å². The molecule has 0 saturated carbocycles. The highest BCUT2D eigenvalue weighted by Crippen LogP contribution is 2.35. The Bertz CT molecular complexity index is 471. The molecule has 0 aliphatic carbocycles. The number of hydrogen-bond donors (Lipinski definition) is 1. The fraction of sp³-hybridized carbons (Fsp3) is 0.600. The average Bonchev–Trinajstić information content (AvgIpc) is 2.38. The van der Waals surface area contributed by atoms with Gasteiger partial charge in [0.05, 0.1) is 5.41 Å². The van der Waals surface area contributed by atoms with E-state index in [9.17, 15) is 9.90 Å². The second kappa shape index (κ2) is 5.19. The van der Waals surface area contributed by atoms with Gasteiger partial charge in [0.2, 0.25) is 0 Å². The number of pyridine rings is 1. The van der Waals surface area contributed by atoms with Crippen LogP contribution in [0.25, 0.3) is 0 Å². The van der Waals surface area contributed by atoms with E-state index in [2.05, 4.69) is 16.0 Å². The standard InChI is InChI=1S/C15H22N2O2/c1-11-9-13(6-7-16-11)17-8-4-5-12(10-17)15(2,3)14(18)19/h6-7,9,12H,4-5,8,10H2,1-3H3,(H,18,19). The fourth-order valence-corrected chi connectivity index (χ4v) is 2.70. The summed E-state index contributed by atoms with van der Waals surface area (Å²) in [4.78, 5) is 17.9. The molecule has 1 saturated heterocycles. The molecule has 19 heavy (non-hydrogen) atoms. The zero-order chi connectivity index (χ0) is 14.0. The lowest BCUT2D eigenvalue weighted by molar-refractivity contribution is -0.150. The molecule has 0 spiro atoms. The van der Waals surface area contributed by atoms with Gasteiger partial charge in [0.1, 0.15) is 0 Å². The minimum absolute atomic E-state index is 0.187. The quantitative estimate of drug-likeness (QED) is 0.910. The van der Waals surface area contributed by atoms with Crippen molar-refractivity contribution in [3.8, 4) is 0 Å². The van der Waals surface area contributed by atoms with E-state index in [-0.39, 0.29) is 5.92 Å². The minimum Gasteiger partial charge on any atom is -0.481 e. The molecule has 1 unspecified atom stereocenters. The molecule has 1 aliphatic heterocycles. The summed E-state index contributed by atoms with van der Waals surface area (Å²) in [7, 11) is 0. The van der Waals surface area contributed by atoms with Crippen molar-refractivity contribution in [2.24, 2.45) is 11.3 Å². The van der Waals surface area contributed by atoms with Crippen molar-refractivity contribution in [2.45, 2.75) is 33.6 Å². The molecule has 0 amide bonds. The van der Waals surface area contributed by atoms with E-state index < -0.39 is 11.4 Å². The zero-order valence-electron chi connectivity index (χ0n) is 11.9. The molecule has 1 atom stereocenters. The molecule has 4 heteroatoms. The third-order valence-electron chi connectivity index (χ3n) is 4.24. The number of carboxylic acids is 1. The first-order chi connectivity index (χ1) is 8.91. The molecule has 2 heterocycles. The van der Waals surface area contributed by atoms with Gasteiger partial charge < -0.3 is 10.0 Å². The number of rotatable bonds is 3. The van der Waals surface area contributed by atoms with Crippen LogP contribution in [-0.4, -0.2) is 29.1 Å². The van der Waals surface area contributed by atoms with Gasteiger partial charge in [0, 0.05) is 30.7 Å². The molecule has 1 aromatic heterocycles. The molecule has 1 aromatic rings. The predicted molar refractivity (Wildman–Crippen MR) is 75.3 cm³/mol. The van der Waals surface area contributed by atoms with Gasteiger partial charge in [-0.1, -0.05) is 0 Å². The first-order valence-electron chi connectivity index (χ1n) is 6.82. The van der Waals surface area contributed by atoms with Crippen LogP contribution in [0.15, 0.2) is 18.3 Å². The highest BCUT2D eigenvalue weighted by atomic mass is 16.4. The van der Waals surface area contributed by atoms with Crippen molar-refractivity contribution in [1.29, 1.82) is 0 Å². The molecule has 0 aromatic carbocycles. The van der Waals surface area contributed by atoms with Crippen molar-refractivity contribution < 1.29 is 9.90 Å². The van der Waals surface area contributed by atoms with E-state index in [0.29, 0.717) is 0 Å². The van der Waals surface area contributed by atoms with Crippen molar-refractivity contribution in [3.05, 3.63) is 24.0 Å². The van der Waals surface area contributed by atoms with Gasteiger partial charge >= 0.3 is 5.97 Å². The van der Waals surface area contributed by atoms with Gasteiger partial charge in [-0.3, -0.25) is 9.78 Å². The molecule has 104 valence electrons. The predicted octanol–water partition coefficient (Wildman–Crippen LogP) is 2.72.